The molecule has 18 heavy (non-hydrogen) atoms. The monoisotopic (exact) mass is 270 g/mol. The van der Waals surface area contributed by atoms with Gasteiger partial charge in [-0.3, -0.25) is 0 Å². The molecule has 0 unspecified atom stereocenters. The third-order valence-electron chi connectivity index (χ3n) is 2.66. The Labute approximate surface area is 110 Å². The van der Waals surface area contributed by atoms with Gasteiger partial charge in [0.05, 0.1) is 4.90 Å². The second-order valence-corrected chi connectivity index (χ2v) is 7.89. The van der Waals surface area contributed by atoms with Gasteiger partial charge in [0.15, 0.2) is 0 Å². The molecule has 4 nitrogen and oxygen atoms in total. The Morgan fingerprint density at radius 3 is 2.28 bits per heavy atom. The maximum absolute atomic E-state index is 12.3. The number of nitrogens with two attached hydrogens (primary N) is 1. The summed E-state index contributed by atoms with van der Waals surface area (Å²) in [6.07, 6.45) is 0. The first kappa shape index (κ1) is 15.0. The van der Waals surface area contributed by atoms with E-state index in [-0.39, 0.29) is 10.3 Å². The highest BCUT2D eigenvalue weighted by Gasteiger charge is 2.25. The summed E-state index contributed by atoms with van der Waals surface area (Å²) in [5.41, 5.74) is 7.06. The first-order valence-electron chi connectivity index (χ1n) is 5.86. The Kier molecular flexibility index (Phi) is 4.08. The van der Waals surface area contributed by atoms with Gasteiger partial charge in [0.25, 0.3) is 0 Å². The van der Waals surface area contributed by atoms with Crippen molar-refractivity contribution in [1.29, 1.82) is 0 Å². The van der Waals surface area contributed by atoms with E-state index in [9.17, 15) is 8.42 Å². The van der Waals surface area contributed by atoms with Crippen LogP contribution in [0.15, 0.2) is 23.1 Å². The van der Waals surface area contributed by atoms with Gasteiger partial charge in [-0.15, -0.1) is 0 Å². The number of aryl methyl sites for hydroxylation is 1. The van der Waals surface area contributed by atoms with E-state index in [0.29, 0.717) is 12.2 Å². The molecule has 0 aliphatic carbocycles. The molecule has 0 atom stereocenters. The minimum Gasteiger partial charge on any atom is -0.398 e. The Hall–Kier alpha value is -1.07. The molecule has 5 heteroatoms. The number of nitrogen functional groups attached to an aromatic ring is 1. The maximum Gasteiger partial charge on any atom is 0.242 e. The Morgan fingerprint density at radius 2 is 1.83 bits per heavy atom. The molecule has 0 amide bonds. The van der Waals surface area contributed by atoms with Crippen molar-refractivity contribution < 1.29 is 8.42 Å². The van der Waals surface area contributed by atoms with Crippen LogP contribution in [0.2, 0.25) is 0 Å². The summed E-state index contributed by atoms with van der Waals surface area (Å²) in [4.78, 5) is 0.248. The van der Waals surface area contributed by atoms with Gasteiger partial charge in [-0.2, -0.15) is 0 Å². The van der Waals surface area contributed by atoms with Gasteiger partial charge in [-0.05, 0) is 30.0 Å². The van der Waals surface area contributed by atoms with Crippen molar-refractivity contribution in [2.75, 3.05) is 19.3 Å². The van der Waals surface area contributed by atoms with Gasteiger partial charge < -0.3 is 5.73 Å². The minimum absolute atomic E-state index is 0.0853. The Bertz CT molecular complexity index is 530. The molecule has 0 heterocycles. The fourth-order valence-corrected chi connectivity index (χ4v) is 3.14. The van der Waals surface area contributed by atoms with E-state index in [1.807, 2.05) is 27.7 Å². The molecule has 0 aliphatic heterocycles. The summed E-state index contributed by atoms with van der Waals surface area (Å²) < 4.78 is 26.1. The smallest absolute Gasteiger partial charge is 0.242 e. The minimum atomic E-state index is -3.46. The summed E-state index contributed by atoms with van der Waals surface area (Å²) in [5.74, 6) is 0. The first-order valence-corrected chi connectivity index (χ1v) is 7.30. The van der Waals surface area contributed by atoms with Crippen molar-refractivity contribution in [3.8, 4) is 0 Å². The SMILES string of the molecule is Cc1ccc(S(=O)(=O)N(C)CC(C)(C)C)cc1N. The summed E-state index contributed by atoms with van der Waals surface area (Å²) in [7, 11) is -1.86. The van der Waals surface area contributed by atoms with Crippen LogP contribution >= 0.6 is 0 Å². The number of hydrogen-bond acceptors (Lipinski definition) is 3. The number of nitrogens with zero attached hydrogens (tertiary/aromatic N) is 1. The largest absolute Gasteiger partial charge is 0.398 e. The van der Waals surface area contributed by atoms with Crippen LogP contribution in [0.3, 0.4) is 0 Å². The van der Waals surface area contributed by atoms with Crippen LogP contribution in [0, 0.1) is 12.3 Å². The molecule has 0 fully saturated rings. The molecule has 1 rings (SSSR count). The van der Waals surface area contributed by atoms with E-state index in [2.05, 4.69) is 0 Å². The zero-order valence-electron chi connectivity index (χ0n) is 11.7. The highest BCUT2D eigenvalue weighted by atomic mass is 32.2. The van der Waals surface area contributed by atoms with E-state index in [4.69, 9.17) is 5.73 Å². The van der Waals surface area contributed by atoms with Crippen molar-refractivity contribution >= 4 is 15.7 Å². The second-order valence-electron chi connectivity index (χ2n) is 5.84. The third kappa shape index (κ3) is 3.46. The van der Waals surface area contributed by atoms with E-state index in [0.717, 1.165) is 5.56 Å². The van der Waals surface area contributed by atoms with Crippen LogP contribution in [0.4, 0.5) is 5.69 Å². The molecule has 0 saturated heterocycles. The summed E-state index contributed by atoms with van der Waals surface area (Å²) in [6.45, 7) is 8.32. The van der Waals surface area contributed by atoms with Crippen molar-refractivity contribution in [3.63, 3.8) is 0 Å². The molecule has 0 radical (unpaired) electrons. The van der Waals surface area contributed by atoms with Gasteiger partial charge in [-0.1, -0.05) is 26.8 Å². The predicted octanol–water partition coefficient (Wildman–Crippen LogP) is 2.24. The van der Waals surface area contributed by atoms with E-state index in [1.165, 1.54) is 10.4 Å². The topological polar surface area (TPSA) is 63.4 Å². The van der Waals surface area contributed by atoms with Gasteiger partial charge in [-0.25, -0.2) is 12.7 Å². The van der Waals surface area contributed by atoms with Crippen molar-refractivity contribution in [3.05, 3.63) is 23.8 Å². The number of anilines is 1. The lowest BCUT2D eigenvalue weighted by atomic mass is 9.97. The fourth-order valence-electron chi connectivity index (χ4n) is 1.71. The summed E-state index contributed by atoms with van der Waals surface area (Å²) >= 11 is 0. The molecule has 1 aromatic carbocycles. The standard InChI is InChI=1S/C13H22N2O2S/c1-10-6-7-11(8-12(10)14)18(16,17)15(5)9-13(2,3)4/h6-8H,9,14H2,1-5H3. The van der Waals surface area contributed by atoms with Crippen LogP contribution < -0.4 is 5.73 Å². The first-order chi connectivity index (χ1) is 8.04. The number of hydrogen-bond donors (Lipinski definition) is 1. The lowest BCUT2D eigenvalue weighted by molar-refractivity contribution is 0.311. The Morgan fingerprint density at radius 1 is 1.28 bits per heavy atom. The molecule has 0 spiro atoms. The average molecular weight is 270 g/mol. The maximum atomic E-state index is 12.3. The van der Waals surface area contributed by atoms with Crippen LogP contribution in [0.5, 0.6) is 0 Å². The van der Waals surface area contributed by atoms with Crippen LogP contribution in [-0.2, 0) is 10.0 Å². The lowest BCUT2D eigenvalue weighted by Gasteiger charge is -2.26. The molecular weight excluding hydrogens is 248 g/mol. The quantitative estimate of drug-likeness (QED) is 0.857. The molecule has 2 N–H and O–H groups in total. The molecule has 0 saturated carbocycles. The van der Waals surface area contributed by atoms with Crippen molar-refractivity contribution in [2.45, 2.75) is 32.6 Å². The highest BCUT2D eigenvalue weighted by Crippen LogP contribution is 2.23. The fraction of sp³-hybridized carbons (Fsp3) is 0.538. The van der Waals surface area contributed by atoms with Gasteiger partial charge in [0.1, 0.15) is 0 Å². The van der Waals surface area contributed by atoms with Crippen molar-refractivity contribution in [2.24, 2.45) is 5.41 Å². The molecule has 1 aromatic rings. The van der Waals surface area contributed by atoms with Crippen LogP contribution in [-0.4, -0.2) is 26.3 Å². The zero-order valence-corrected chi connectivity index (χ0v) is 12.5. The zero-order chi connectivity index (χ0) is 14.1. The third-order valence-corrected chi connectivity index (χ3v) is 4.46. The molecule has 0 bridgehead atoms. The molecule has 102 valence electrons. The number of rotatable bonds is 3. The van der Waals surface area contributed by atoms with E-state index >= 15 is 0 Å². The van der Waals surface area contributed by atoms with Gasteiger partial charge in [0, 0.05) is 19.3 Å². The second kappa shape index (κ2) is 4.90. The summed E-state index contributed by atoms with van der Waals surface area (Å²) in [5, 5.41) is 0. The van der Waals surface area contributed by atoms with Crippen LogP contribution in [0.25, 0.3) is 0 Å². The predicted molar refractivity (Wildman–Crippen MR) is 74.9 cm³/mol. The molecule has 0 aliphatic rings. The van der Waals surface area contributed by atoms with Gasteiger partial charge >= 0.3 is 0 Å². The van der Waals surface area contributed by atoms with E-state index < -0.39 is 10.0 Å². The van der Waals surface area contributed by atoms with E-state index in [1.54, 1.807) is 19.2 Å². The average Bonchev–Trinajstić information content (AvgIpc) is 2.19. The molecular formula is C13H22N2O2S. The van der Waals surface area contributed by atoms with Crippen molar-refractivity contribution in [1.82, 2.24) is 4.31 Å². The van der Waals surface area contributed by atoms with Gasteiger partial charge in [0.2, 0.25) is 10.0 Å². The molecule has 0 aromatic heterocycles. The Balaban J connectivity index is 3.10. The van der Waals surface area contributed by atoms with Crippen LogP contribution in [0.1, 0.15) is 26.3 Å². The highest BCUT2D eigenvalue weighted by molar-refractivity contribution is 7.89. The lowest BCUT2D eigenvalue weighted by Crippen LogP contribution is -2.34. The number of sulfonamides is 1. The summed E-state index contributed by atoms with van der Waals surface area (Å²) in [6, 6.07) is 4.84. The number of benzene rings is 1. The normalized spacial score (nSPS) is 13.0.